The molecule has 0 fully saturated rings. The first-order valence-electron chi connectivity index (χ1n) is 5.86. The summed E-state index contributed by atoms with van der Waals surface area (Å²) >= 11 is 0. The Kier molecular flexibility index (Phi) is 2.31. The maximum absolute atomic E-state index is 5.40. The molecule has 1 aromatic carbocycles. The fourth-order valence-corrected chi connectivity index (χ4v) is 2.55. The van der Waals surface area contributed by atoms with Gasteiger partial charge in [-0.3, -0.25) is 0 Å². The minimum Gasteiger partial charge on any atom is -0.463 e. The predicted octanol–water partition coefficient (Wildman–Crippen LogP) is 1.69. The smallest absolute Gasteiger partial charge is 0.285 e. The molecule has 2 aliphatic rings. The highest BCUT2D eigenvalue weighted by Gasteiger charge is 2.30. The molecule has 0 saturated carbocycles. The molecular weight excluding hydrogens is 200 g/mol. The largest absolute Gasteiger partial charge is 0.463 e. The van der Waals surface area contributed by atoms with Crippen molar-refractivity contribution in [1.29, 1.82) is 0 Å². The van der Waals surface area contributed by atoms with Crippen molar-refractivity contribution < 1.29 is 4.74 Å². The molecule has 3 rings (SSSR count). The van der Waals surface area contributed by atoms with Gasteiger partial charge in [0.2, 0.25) is 0 Å². The van der Waals surface area contributed by atoms with E-state index >= 15 is 0 Å². The summed E-state index contributed by atoms with van der Waals surface area (Å²) in [4.78, 5) is 4.28. The Morgan fingerprint density at radius 2 is 2.25 bits per heavy atom. The first kappa shape index (κ1) is 9.70. The van der Waals surface area contributed by atoms with E-state index < -0.39 is 0 Å². The van der Waals surface area contributed by atoms with Crippen molar-refractivity contribution in [3.63, 3.8) is 0 Å². The minimum atomic E-state index is 0.425. The lowest BCUT2D eigenvalue weighted by atomic mass is 10.0. The average molecular weight is 216 g/mol. The van der Waals surface area contributed by atoms with Gasteiger partial charge >= 0.3 is 0 Å². The molecule has 0 bridgehead atoms. The molecule has 1 N–H and O–H groups in total. The van der Waals surface area contributed by atoms with Crippen LogP contribution in [0.2, 0.25) is 0 Å². The van der Waals surface area contributed by atoms with E-state index in [0.717, 1.165) is 25.6 Å². The second-order valence-electron chi connectivity index (χ2n) is 4.48. The summed E-state index contributed by atoms with van der Waals surface area (Å²) in [6.45, 7) is 3.77. The lowest BCUT2D eigenvalue weighted by Crippen LogP contribution is -2.37. The highest BCUT2D eigenvalue weighted by atomic mass is 16.5. The summed E-state index contributed by atoms with van der Waals surface area (Å²) in [7, 11) is 0. The number of hydrogen-bond acceptors (Lipinski definition) is 3. The Bertz CT molecular complexity index is 428. The van der Waals surface area contributed by atoms with Crippen molar-refractivity contribution in [1.82, 2.24) is 5.32 Å². The van der Waals surface area contributed by atoms with Gasteiger partial charge in [0, 0.05) is 12.0 Å². The van der Waals surface area contributed by atoms with Gasteiger partial charge in [-0.25, -0.2) is 4.99 Å². The van der Waals surface area contributed by atoms with Crippen LogP contribution in [0.5, 0.6) is 0 Å². The molecule has 0 amide bonds. The molecule has 3 nitrogen and oxygen atoms in total. The van der Waals surface area contributed by atoms with Gasteiger partial charge in [0.25, 0.3) is 6.02 Å². The second kappa shape index (κ2) is 3.81. The molecule has 0 radical (unpaired) electrons. The molecule has 84 valence electrons. The van der Waals surface area contributed by atoms with Crippen LogP contribution in [-0.2, 0) is 11.2 Å². The SMILES string of the molecule is C[C@@H]1c2ccccc2C[C@H]1NC1=NCCO1. The molecule has 0 unspecified atom stereocenters. The zero-order chi connectivity index (χ0) is 11.0. The first-order chi connectivity index (χ1) is 7.84. The lowest BCUT2D eigenvalue weighted by Gasteiger charge is -2.18. The van der Waals surface area contributed by atoms with Crippen LogP contribution in [0.3, 0.4) is 0 Å². The minimum absolute atomic E-state index is 0.425. The molecule has 1 aromatic rings. The van der Waals surface area contributed by atoms with E-state index in [4.69, 9.17) is 4.74 Å². The summed E-state index contributed by atoms with van der Waals surface area (Å²) < 4.78 is 5.40. The zero-order valence-electron chi connectivity index (χ0n) is 9.44. The van der Waals surface area contributed by atoms with Crippen molar-refractivity contribution in [2.24, 2.45) is 4.99 Å². The third-order valence-electron chi connectivity index (χ3n) is 3.48. The fourth-order valence-electron chi connectivity index (χ4n) is 2.55. The summed E-state index contributed by atoms with van der Waals surface area (Å²) in [6, 6.07) is 9.81. The Morgan fingerprint density at radius 3 is 3.00 bits per heavy atom. The molecule has 1 aliphatic carbocycles. The van der Waals surface area contributed by atoms with Gasteiger partial charge in [-0.15, -0.1) is 0 Å². The quantitative estimate of drug-likeness (QED) is 0.775. The molecule has 1 heterocycles. The van der Waals surface area contributed by atoms with Crippen LogP contribution in [0.4, 0.5) is 0 Å². The van der Waals surface area contributed by atoms with Crippen LogP contribution in [0.15, 0.2) is 29.3 Å². The number of fused-ring (bicyclic) bond motifs is 1. The monoisotopic (exact) mass is 216 g/mol. The van der Waals surface area contributed by atoms with E-state index in [1.807, 2.05) is 0 Å². The van der Waals surface area contributed by atoms with Gasteiger partial charge in [0.1, 0.15) is 6.61 Å². The number of hydrogen-bond donors (Lipinski definition) is 1. The molecule has 3 heteroatoms. The van der Waals surface area contributed by atoms with Gasteiger partial charge < -0.3 is 10.1 Å². The zero-order valence-corrected chi connectivity index (χ0v) is 9.44. The number of aliphatic imine (C=N–C) groups is 1. The second-order valence-corrected chi connectivity index (χ2v) is 4.48. The molecule has 16 heavy (non-hydrogen) atoms. The Labute approximate surface area is 95.5 Å². The maximum Gasteiger partial charge on any atom is 0.285 e. The average Bonchev–Trinajstić information content (AvgIpc) is 2.90. The molecular formula is C13H16N2O. The number of nitrogens with one attached hydrogen (secondary N) is 1. The van der Waals surface area contributed by atoms with Crippen LogP contribution in [0, 0.1) is 0 Å². The highest BCUT2D eigenvalue weighted by Crippen LogP contribution is 2.32. The van der Waals surface area contributed by atoms with Gasteiger partial charge in [0.15, 0.2) is 0 Å². The molecule has 1 aliphatic heterocycles. The van der Waals surface area contributed by atoms with Crippen molar-refractivity contribution in [3.05, 3.63) is 35.4 Å². The summed E-state index contributed by atoms with van der Waals surface area (Å²) in [5.74, 6) is 0.531. The molecule has 2 atom stereocenters. The predicted molar refractivity (Wildman–Crippen MR) is 63.7 cm³/mol. The van der Waals surface area contributed by atoms with Crippen molar-refractivity contribution >= 4 is 6.02 Å². The Balaban J connectivity index is 1.76. The van der Waals surface area contributed by atoms with Gasteiger partial charge in [0.05, 0.1) is 6.54 Å². The normalized spacial score (nSPS) is 27.2. The van der Waals surface area contributed by atoms with Gasteiger partial charge in [-0.1, -0.05) is 31.2 Å². The van der Waals surface area contributed by atoms with E-state index in [2.05, 4.69) is 41.5 Å². The maximum atomic E-state index is 5.40. The third kappa shape index (κ3) is 1.56. The summed E-state index contributed by atoms with van der Waals surface area (Å²) in [6.07, 6.45) is 1.07. The summed E-state index contributed by atoms with van der Waals surface area (Å²) in [5.41, 5.74) is 2.91. The number of nitrogens with zero attached hydrogens (tertiary/aromatic N) is 1. The summed E-state index contributed by atoms with van der Waals surface area (Å²) in [5, 5.41) is 3.40. The number of rotatable bonds is 1. The van der Waals surface area contributed by atoms with Crippen molar-refractivity contribution in [2.45, 2.75) is 25.3 Å². The van der Waals surface area contributed by atoms with E-state index in [9.17, 15) is 0 Å². The van der Waals surface area contributed by atoms with Gasteiger partial charge in [-0.05, 0) is 17.5 Å². The van der Waals surface area contributed by atoms with Crippen molar-refractivity contribution in [2.75, 3.05) is 13.2 Å². The lowest BCUT2D eigenvalue weighted by molar-refractivity contribution is 0.322. The highest BCUT2D eigenvalue weighted by molar-refractivity contribution is 5.75. The topological polar surface area (TPSA) is 33.6 Å². The molecule has 0 saturated heterocycles. The van der Waals surface area contributed by atoms with E-state index in [0.29, 0.717) is 12.0 Å². The van der Waals surface area contributed by atoms with Crippen LogP contribution >= 0.6 is 0 Å². The standard InChI is InChI=1S/C13H16N2O/c1-9-11-5-3-2-4-10(11)8-12(9)15-13-14-6-7-16-13/h2-5,9,12H,6-8H2,1H3,(H,14,15)/t9-,12-/m1/s1. The number of amidine groups is 1. The Morgan fingerprint density at radius 1 is 1.38 bits per heavy atom. The van der Waals surface area contributed by atoms with E-state index in [-0.39, 0.29) is 0 Å². The third-order valence-corrected chi connectivity index (χ3v) is 3.48. The van der Waals surface area contributed by atoms with Crippen molar-refractivity contribution in [3.8, 4) is 0 Å². The Hall–Kier alpha value is -1.51. The van der Waals surface area contributed by atoms with E-state index in [1.54, 1.807) is 0 Å². The first-order valence-corrected chi connectivity index (χ1v) is 5.86. The molecule has 0 spiro atoms. The van der Waals surface area contributed by atoms with Crippen LogP contribution < -0.4 is 5.32 Å². The van der Waals surface area contributed by atoms with Crippen LogP contribution in [-0.4, -0.2) is 25.2 Å². The number of benzene rings is 1. The molecule has 0 aromatic heterocycles. The number of ether oxygens (including phenoxy) is 1. The fraction of sp³-hybridized carbons (Fsp3) is 0.462. The van der Waals surface area contributed by atoms with Crippen LogP contribution in [0.1, 0.15) is 24.0 Å². The van der Waals surface area contributed by atoms with E-state index in [1.165, 1.54) is 11.1 Å². The van der Waals surface area contributed by atoms with Gasteiger partial charge in [-0.2, -0.15) is 0 Å². The van der Waals surface area contributed by atoms with Crippen LogP contribution in [0.25, 0.3) is 0 Å².